The van der Waals surface area contributed by atoms with Gasteiger partial charge in [-0.15, -0.1) is 0 Å². The third-order valence-corrected chi connectivity index (χ3v) is 11.1. The van der Waals surface area contributed by atoms with Crippen LogP contribution >= 0.6 is 0 Å². The molecule has 0 amide bonds. The summed E-state index contributed by atoms with van der Waals surface area (Å²) in [5.74, 6) is 0. The molecule has 3 aromatic heterocycles. The van der Waals surface area contributed by atoms with Crippen LogP contribution in [-0.2, 0) is 0 Å². The lowest BCUT2D eigenvalue weighted by molar-refractivity contribution is 1.16. The largest absolute Gasteiger partial charge is 0.309 e. The Kier molecular flexibility index (Phi) is 6.61. The number of nitriles is 2. The second-order valence-corrected chi connectivity index (χ2v) is 14.0. The van der Waals surface area contributed by atoms with E-state index in [2.05, 4.69) is 171 Å². The van der Waals surface area contributed by atoms with Crippen LogP contribution in [0.25, 0.3) is 93.6 Å². The number of para-hydroxylation sites is 4. The van der Waals surface area contributed by atoms with Gasteiger partial charge in [0.05, 0.1) is 56.4 Å². The Labute approximate surface area is 316 Å². The fourth-order valence-electron chi connectivity index (χ4n) is 8.78. The zero-order chi connectivity index (χ0) is 36.6. The van der Waals surface area contributed by atoms with Crippen LogP contribution in [-0.4, -0.2) is 13.7 Å². The van der Waals surface area contributed by atoms with Crippen molar-refractivity contribution >= 4 is 65.4 Å². The molecule has 0 bridgehead atoms. The summed E-state index contributed by atoms with van der Waals surface area (Å²) in [6.45, 7) is 0. The van der Waals surface area contributed by atoms with Crippen molar-refractivity contribution in [2.75, 3.05) is 0 Å². The Morgan fingerprint density at radius 3 is 1.40 bits per heavy atom. The SMILES string of the molecule is N#Cc1cc(-n2c3ccccc3c3cc(-n4c5ccccc5c5ccccc54)ccc32)ccc1-c1ccc(-n2c3ccccc3c3c(C#N)cccc32)cc1. The highest BCUT2D eigenvalue weighted by Gasteiger charge is 2.18. The van der Waals surface area contributed by atoms with Gasteiger partial charge >= 0.3 is 0 Å². The van der Waals surface area contributed by atoms with Gasteiger partial charge in [-0.25, -0.2) is 0 Å². The van der Waals surface area contributed by atoms with Crippen molar-refractivity contribution in [3.8, 4) is 40.3 Å². The fourth-order valence-corrected chi connectivity index (χ4v) is 8.78. The summed E-state index contributed by atoms with van der Waals surface area (Å²) in [5.41, 5.74) is 12.7. The Morgan fingerprint density at radius 1 is 0.327 bits per heavy atom. The molecule has 0 unspecified atom stereocenters. The number of hydrogen-bond acceptors (Lipinski definition) is 2. The topological polar surface area (TPSA) is 62.4 Å². The molecule has 0 spiro atoms. The summed E-state index contributed by atoms with van der Waals surface area (Å²) in [6.07, 6.45) is 0. The molecule has 3 heterocycles. The maximum absolute atomic E-state index is 10.5. The summed E-state index contributed by atoms with van der Waals surface area (Å²) in [6, 6.07) is 65.9. The third-order valence-electron chi connectivity index (χ3n) is 11.1. The Morgan fingerprint density at radius 2 is 0.782 bits per heavy atom. The first-order valence-electron chi connectivity index (χ1n) is 18.3. The van der Waals surface area contributed by atoms with Gasteiger partial charge in [-0.2, -0.15) is 10.5 Å². The standard InChI is InChI=1S/C50H29N5/c51-30-33-10-9-19-49-50(33)42-14-4-8-18-47(42)53(49)35-22-20-32(21-23-35)38-26-24-36(28-34(38)31-52)54-46-17-7-3-13-41(46)43-29-37(25-27-48(43)54)55-44-15-5-1-11-39(44)40-12-2-6-16-45(40)55/h1-29H. The second kappa shape index (κ2) is 11.8. The molecule has 0 saturated heterocycles. The summed E-state index contributed by atoms with van der Waals surface area (Å²) in [5, 5.41) is 27.2. The van der Waals surface area contributed by atoms with E-state index in [1.54, 1.807) is 0 Å². The molecule has 0 radical (unpaired) electrons. The summed E-state index contributed by atoms with van der Waals surface area (Å²) in [4.78, 5) is 0. The van der Waals surface area contributed by atoms with E-state index >= 15 is 0 Å². The van der Waals surface area contributed by atoms with Crippen molar-refractivity contribution in [1.29, 1.82) is 10.5 Å². The Hall–Kier alpha value is -7.86. The van der Waals surface area contributed by atoms with Crippen LogP contribution < -0.4 is 0 Å². The van der Waals surface area contributed by atoms with Gasteiger partial charge in [-0.1, -0.05) is 97.1 Å². The molecule has 0 saturated carbocycles. The second-order valence-electron chi connectivity index (χ2n) is 14.0. The molecule has 0 fully saturated rings. The lowest BCUT2D eigenvalue weighted by Gasteiger charge is -2.13. The van der Waals surface area contributed by atoms with Crippen molar-refractivity contribution in [3.05, 3.63) is 187 Å². The minimum atomic E-state index is 0.605. The molecule has 11 rings (SSSR count). The first kappa shape index (κ1) is 30.7. The highest BCUT2D eigenvalue weighted by molar-refractivity contribution is 6.13. The van der Waals surface area contributed by atoms with Crippen LogP contribution in [0.15, 0.2) is 176 Å². The normalized spacial score (nSPS) is 11.6. The number of hydrogen-bond donors (Lipinski definition) is 0. The molecule has 55 heavy (non-hydrogen) atoms. The van der Waals surface area contributed by atoms with Gasteiger partial charge in [0.2, 0.25) is 0 Å². The van der Waals surface area contributed by atoms with Gasteiger partial charge in [-0.05, 0) is 90.0 Å². The number of aromatic nitrogens is 3. The van der Waals surface area contributed by atoms with E-state index in [-0.39, 0.29) is 0 Å². The molecule has 0 aliphatic rings. The van der Waals surface area contributed by atoms with Crippen LogP contribution in [0.3, 0.4) is 0 Å². The fraction of sp³-hybridized carbons (Fsp3) is 0. The highest BCUT2D eigenvalue weighted by atomic mass is 15.0. The van der Waals surface area contributed by atoms with Gasteiger partial charge < -0.3 is 13.7 Å². The molecule has 5 heteroatoms. The molecular weight excluding hydrogens is 671 g/mol. The average Bonchev–Trinajstić information content (AvgIpc) is 3.89. The Bertz CT molecular complexity index is 3400. The van der Waals surface area contributed by atoms with Crippen molar-refractivity contribution < 1.29 is 0 Å². The van der Waals surface area contributed by atoms with Gasteiger partial charge in [0.25, 0.3) is 0 Å². The molecule has 8 aromatic carbocycles. The quantitative estimate of drug-likeness (QED) is 0.184. The van der Waals surface area contributed by atoms with Crippen molar-refractivity contribution in [2.24, 2.45) is 0 Å². The first-order valence-corrected chi connectivity index (χ1v) is 18.3. The van der Waals surface area contributed by atoms with E-state index < -0.39 is 0 Å². The third kappa shape index (κ3) is 4.45. The van der Waals surface area contributed by atoms with Gasteiger partial charge in [0.1, 0.15) is 0 Å². The smallest absolute Gasteiger partial charge is 0.0998 e. The molecule has 0 N–H and O–H groups in total. The van der Waals surface area contributed by atoms with E-state index in [1.165, 1.54) is 21.8 Å². The van der Waals surface area contributed by atoms with Crippen molar-refractivity contribution in [2.45, 2.75) is 0 Å². The molecular formula is C50H29N5. The minimum absolute atomic E-state index is 0.605. The maximum Gasteiger partial charge on any atom is 0.0998 e. The van der Waals surface area contributed by atoms with Gasteiger partial charge in [0.15, 0.2) is 0 Å². The number of fused-ring (bicyclic) bond motifs is 9. The van der Waals surface area contributed by atoms with Crippen molar-refractivity contribution in [1.82, 2.24) is 13.7 Å². The van der Waals surface area contributed by atoms with Crippen LogP contribution in [0.4, 0.5) is 0 Å². The zero-order valence-corrected chi connectivity index (χ0v) is 29.5. The van der Waals surface area contributed by atoms with Crippen LogP contribution in [0.5, 0.6) is 0 Å². The van der Waals surface area contributed by atoms with Gasteiger partial charge in [0, 0.05) is 49.4 Å². The first-order chi connectivity index (χ1) is 27.2. The molecule has 0 aliphatic carbocycles. The highest BCUT2D eigenvalue weighted by Crippen LogP contribution is 2.39. The van der Waals surface area contributed by atoms with E-state index in [0.717, 1.165) is 71.8 Å². The summed E-state index contributed by atoms with van der Waals surface area (Å²) in [7, 11) is 0. The van der Waals surface area contributed by atoms with Gasteiger partial charge in [-0.3, -0.25) is 0 Å². The average molecular weight is 700 g/mol. The number of benzene rings is 8. The Balaban J connectivity index is 1.03. The minimum Gasteiger partial charge on any atom is -0.309 e. The summed E-state index contributed by atoms with van der Waals surface area (Å²) < 4.78 is 6.83. The van der Waals surface area contributed by atoms with Crippen LogP contribution in [0, 0.1) is 22.7 Å². The monoisotopic (exact) mass is 699 g/mol. The molecule has 0 aliphatic heterocycles. The molecule has 0 atom stereocenters. The van der Waals surface area contributed by atoms with Crippen molar-refractivity contribution in [3.63, 3.8) is 0 Å². The summed E-state index contributed by atoms with van der Waals surface area (Å²) >= 11 is 0. The maximum atomic E-state index is 10.5. The van der Waals surface area contributed by atoms with E-state index in [9.17, 15) is 10.5 Å². The lowest BCUT2D eigenvalue weighted by atomic mass is 9.99. The van der Waals surface area contributed by atoms with E-state index in [1.807, 2.05) is 30.3 Å². The predicted molar refractivity (Wildman–Crippen MR) is 224 cm³/mol. The van der Waals surface area contributed by atoms with E-state index in [0.29, 0.717) is 11.1 Å². The molecule has 11 aromatic rings. The zero-order valence-electron chi connectivity index (χ0n) is 29.5. The lowest BCUT2D eigenvalue weighted by Crippen LogP contribution is -1.97. The molecule has 5 nitrogen and oxygen atoms in total. The van der Waals surface area contributed by atoms with E-state index in [4.69, 9.17) is 0 Å². The number of rotatable bonds is 4. The predicted octanol–water partition coefficient (Wildman–Crippen LogP) is 12.4. The van der Waals surface area contributed by atoms with Crippen LogP contribution in [0.1, 0.15) is 11.1 Å². The molecule has 254 valence electrons. The van der Waals surface area contributed by atoms with Crippen LogP contribution in [0.2, 0.25) is 0 Å². The number of nitrogens with zero attached hydrogens (tertiary/aromatic N) is 5.